The third kappa shape index (κ3) is 3.61. The molecule has 1 aromatic carbocycles. The lowest BCUT2D eigenvalue weighted by atomic mass is 10.1. The quantitative estimate of drug-likeness (QED) is 0.571. The molecule has 5 rings (SSSR count). The molecule has 0 aliphatic carbocycles. The number of hydrogen-bond acceptors (Lipinski definition) is 4. The highest BCUT2D eigenvalue weighted by molar-refractivity contribution is 6.04. The number of nitrogens with zero attached hydrogens (tertiary/aromatic N) is 4. The van der Waals surface area contributed by atoms with Crippen LogP contribution in [0.15, 0.2) is 54.7 Å². The number of anilines is 3. The lowest BCUT2D eigenvalue weighted by Crippen LogP contribution is -2.48. The van der Waals surface area contributed by atoms with Gasteiger partial charge in [0.15, 0.2) is 5.82 Å². The Hall–Kier alpha value is -3.69. The second-order valence-electron chi connectivity index (χ2n) is 7.67. The molecule has 2 aromatic heterocycles. The van der Waals surface area contributed by atoms with Crippen LogP contribution in [0.25, 0.3) is 11.3 Å². The first kappa shape index (κ1) is 20.2. The topological polar surface area (TPSA) is 61.4 Å². The molecule has 0 unspecified atom stereocenters. The number of halogens is 4. The first-order valence-electron chi connectivity index (χ1n) is 9.95. The summed E-state index contributed by atoms with van der Waals surface area (Å²) in [4.78, 5) is 25.2. The Morgan fingerprint density at radius 2 is 1.97 bits per heavy atom. The molecule has 3 aromatic rings. The number of carbonyl (C=O) groups is 1. The van der Waals surface area contributed by atoms with Crippen molar-refractivity contribution in [3.8, 4) is 11.3 Å². The van der Waals surface area contributed by atoms with Crippen molar-refractivity contribution >= 4 is 23.4 Å². The van der Waals surface area contributed by atoms with Gasteiger partial charge in [-0.2, -0.15) is 13.2 Å². The number of nitrogens with one attached hydrogen (secondary N) is 1. The Balaban J connectivity index is 1.52. The van der Waals surface area contributed by atoms with E-state index in [-0.39, 0.29) is 11.9 Å². The number of benzene rings is 1. The zero-order valence-electron chi connectivity index (χ0n) is 16.6. The van der Waals surface area contributed by atoms with Gasteiger partial charge in [-0.1, -0.05) is 12.1 Å². The van der Waals surface area contributed by atoms with Crippen LogP contribution in [-0.2, 0) is 6.18 Å². The van der Waals surface area contributed by atoms with Crippen LogP contribution in [0, 0.1) is 5.82 Å². The molecule has 1 saturated heterocycles. The van der Waals surface area contributed by atoms with E-state index in [1.165, 1.54) is 23.1 Å². The summed E-state index contributed by atoms with van der Waals surface area (Å²) in [6.45, 7) is 1.36. The molecule has 164 valence electrons. The van der Waals surface area contributed by atoms with Crippen molar-refractivity contribution in [1.82, 2.24) is 9.97 Å². The second-order valence-corrected chi connectivity index (χ2v) is 7.67. The van der Waals surface area contributed by atoms with Crippen molar-refractivity contribution in [3.63, 3.8) is 0 Å². The number of hydrogen-bond donors (Lipinski definition) is 1. The third-order valence-corrected chi connectivity index (χ3v) is 5.62. The van der Waals surface area contributed by atoms with Gasteiger partial charge >= 0.3 is 12.2 Å². The molecular formula is C22H17F4N5O. The van der Waals surface area contributed by atoms with Gasteiger partial charge in [0.1, 0.15) is 11.6 Å². The molecule has 0 saturated carbocycles. The molecule has 2 amide bonds. The first-order valence-corrected chi connectivity index (χ1v) is 9.95. The molecule has 1 atom stereocenters. The van der Waals surface area contributed by atoms with Gasteiger partial charge in [0.05, 0.1) is 29.2 Å². The third-order valence-electron chi connectivity index (χ3n) is 5.62. The molecule has 0 radical (unpaired) electrons. The van der Waals surface area contributed by atoms with Gasteiger partial charge in [0.25, 0.3) is 0 Å². The number of urea groups is 1. The molecule has 1 N–H and O–H groups in total. The maximum atomic E-state index is 13.1. The van der Waals surface area contributed by atoms with Gasteiger partial charge in [-0.3, -0.25) is 10.2 Å². The predicted octanol–water partition coefficient (Wildman–Crippen LogP) is 4.93. The minimum Gasteiger partial charge on any atom is -0.366 e. The van der Waals surface area contributed by atoms with Gasteiger partial charge in [-0.25, -0.2) is 19.2 Å². The van der Waals surface area contributed by atoms with E-state index in [2.05, 4.69) is 20.2 Å². The van der Waals surface area contributed by atoms with E-state index in [1.54, 1.807) is 18.2 Å². The predicted molar refractivity (Wildman–Crippen MR) is 111 cm³/mol. The largest absolute Gasteiger partial charge is 0.416 e. The maximum absolute atomic E-state index is 13.1. The van der Waals surface area contributed by atoms with Crippen molar-refractivity contribution in [3.05, 3.63) is 66.1 Å². The molecule has 2 aliphatic rings. The molecule has 6 nitrogen and oxygen atoms in total. The monoisotopic (exact) mass is 443 g/mol. The fourth-order valence-electron chi connectivity index (χ4n) is 4.11. The molecule has 2 aliphatic heterocycles. The van der Waals surface area contributed by atoms with Gasteiger partial charge in [-0.05, 0) is 42.8 Å². The molecule has 2 bridgehead atoms. The Bertz CT molecular complexity index is 1180. The number of aromatic nitrogens is 2. The van der Waals surface area contributed by atoms with Gasteiger partial charge in [0.2, 0.25) is 0 Å². The minimum atomic E-state index is -4.47. The van der Waals surface area contributed by atoms with Crippen LogP contribution < -0.4 is 15.1 Å². The highest BCUT2D eigenvalue weighted by atomic mass is 19.4. The van der Waals surface area contributed by atoms with Crippen molar-refractivity contribution in [2.75, 3.05) is 28.2 Å². The summed E-state index contributed by atoms with van der Waals surface area (Å²) in [5.41, 5.74) is 0.596. The Labute approximate surface area is 180 Å². The number of fused-ring (bicyclic) bond motifs is 4. The first-order chi connectivity index (χ1) is 15.3. The minimum absolute atomic E-state index is 0.146. The number of rotatable bonds is 2. The average molecular weight is 443 g/mol. The van der Waals surface area contributed by atoms with E-state index in [9.17, 15) is 22.4 Å². The van der Waals surface area contributed by atoms with Gasteiger partial charge in [-0.15, -0.1) is 0 Å². The fourth-order valence-corrected chi connectivity index (χ4v) is 4.11. The number of pyridine rings is 2. The van der Waals surface area contributed by atoms with Crippen molar-refractivity contribution in [2.24, 2.45) is 0 Å². The summed E-state index contributed by atoms with van der Waals surface area (Å²) in [6, 6.07) is 10.3. The molecule has 0 spiro atoms. The smallest absolute Gasteiger partial charge is 0.366 e. The fraction of sp³-hybridized carbons (Fsp3) is 0.227. The number of carbonyl (C=O) groups excluding carboxylic acids is 1. The summed E-state index contributed by atoms with van der Waals surface area (Å²) < 4.78 is 52.6. The summed E-state index contributed by atoms with van der Waals surface area (Å²) in [5.74, 6) is 0.0332. The summed E-state index contributed by atoms with van der Waals surface area (Å²) in [6.07, 6.45) is -2.75. The normalized spacial score (nSPS) is 17.3. The standard InChI is InChI=1S/C22H17F4N5O/c23-15-4-7-19(27-11-15)29-21(32)31-16-8-9-30(12-16)18-6-5-17(28-20(18)31)13-2-1-3-14(10-13)22(24,25)26/h1-7,10-11,16H,8-9,12H2,(H,27,29,32)/t16-/m0/s1. The Morgan fingerprint density at radius 3 is 2.72 bits per heavy atom. The van der Waals surface area contributed by atoms with E-state index < -0.39 is 23.6 Å². The van der Waals surface area contributed by atoms with Gasteiger partial charge < -0.3 is 4.90 Å². The maximum Gasteiger partial charge on any atom is 0.416 e. The van der Waals surface area contributed by atoms with Crippen LogP contribution in [0.5, 0.6) is 0 Å². The van der Waals surface area contributed by atoms with E-state index in [0.29, 0.717) is 23.6 Å². The highest BCUT2D eigenvalue weighted by Crippen LogP contribution is 2.41. The van der Waals surface area contributed by atoms with Crippen molar-refractivity contribution in [1.29, 1.82) is 0 Å². The zero-order chi connectivity index (χ0) is 22.5. The van der Waals surface area contributed by atoms with Crippen molar-refractivity contribution < 1.29 is 22.4 Å². The molecule has 10 heteroatoms. The second kappa shape index (κ2) is 7.47. The number of alkyl halides is 3. The van der Waals surface area contributed by atoms with Crippen LogP contribution >= 0.6 is 0 Å². The van der Waals surface area contributed by atoms with E-state index in [4.69, 9.17) is 0 Å². The van der Waals surface area contributed by atoms with Crippen LogP contribution in [0.4, 0.5) is 39.7 Å². The van der Waals surface area contributed by atoms with E-state index >= 15 is 0 Å². The summed E-state index contributed by atoms with van der Waals surface area (Å²) in [5, 5.41) is 2.65. The van der Waals surface area contributed by atoms with Crippen LogP contribution in [-0.4, -0.2) is 35.1 Å². The van der Waals surface area contributed by atoms with Crippen LogP contribution in [0.2, 0.25) is 0 Å². The highest BCUT2D eigenvalue weighted by Gasteiger charge is 2.40. The summed E-state index contributed by atoms with van der Waals surface area (Å²) >= 11 is 0. The molecule has 32 heavy (non-hydrogen) atoms. The van der Waals surface area contributed by atoms with Gasteiger partial charge in [0, 0.05) is 18.7 Å². The summed E-state index contributed by atoms with van der Waals surface area (Å²) in [7, 11) is 0. The average Bonchev–Trinajstić information content (AvgIpc) is 3.19. The van der Waals surface area contributed by atoms with Crippen LogP contribution in [0.3, 0.4) is 0 Å². The molecule has 1 fully saturated rings. The lowest BCUT2D eigenvalue weighted by molar-refractivity contribution is -0.137. The zero-order valence-corrected chi connectivity index (χ0v) is 16.6. The lowest BCUT2D eigenvalue weighted by Gasteiger charge is -2.35. The van der Waals surface area contributed by atoms with E-state index in [1.807, 2.05) is 0 Å². The van der Waals surface area contributed by atoms with E-state index in [0.717, 1.165) is 37.0 Å². The molecular weight excluding hydrogens is 426 g/mol. The number of amides is 2. The SMILES string of the molecule is O=C(Nc1ccc(F)cn1)N1c2nc(-c3cccc(C(F)(F)F)c3)ccc2N2CC[C@H]1C2. The van der Waals surface area contributed by atoms with Crippen molar-refractivity contribution in [2.45, 2.75) is 18.6 Å². The Morgan fingerprint density at radius 1 is 1.12 bits per heavy atom. The van der Waals surface area contributed by atoms with Crippen LogP contribution in [0.1, 0.15) is 12.0 Å². The molecule has 4 heterocycles. The Kier molecular flexibility index (Phi) is 4.72.